The van der Waals surface area contributed by atoms with Crippen LogP contribution in [0.15, 0.2) is 22.8 Å². The molecule has 1 aliphatic rings. The highest BCUT2D eigenvalue weighted by atomic mass is 32.2. The smallest absolute Gasteiger partial charge is 0.153 e. The molecular formula is C8H7N3S. The molecule has 0 saturated heterocycles. The molecule has 0 unspecified atom stereocenters. The number of allylic oxidation sites excluding steroid dienone is 2. The lowest BCUT2D eigenvalue weighted by molar-refractivity contribution is 0.632. The maximum Gasteiger partial charge on any atom is 0.153 e. The molecule has 1 aliphatic heterocycles. The topological polar surface area (TPSA) is 50.8 Å². The molecule has 0 aromatic rings. The first kappa shape index (κ1) is 8.70. The Morgan fingerprint density at radius 2 is 2.25 bits per heavy atom. The normalized spacial score (nSPS) is 14.2. The van der Waals surface area contributed by atoms with Crippen molar-refractivity contribution in [3.8, 4) is 12.1 Å². The van der Waals surface area contributed by atoms with E-state index in [1.807, 2.05) is 28.8 Å². The van der Waals surface area contributed by atoms with Gasteiger partial charge in [0.2, 0.25) is 0 Å². The predicted molar refractivity (Wildman–Crippen MR) is 47.4 cm³/mol. The minimum atomic E-state index is 0.179. The number of hydrogen-bond donors (Lipinski definition) is 0. The molecule has 3 nitrogen and oxygen atoms in total. The van der Waals surface area contributed by atoms with Gasteiger partial charge in [-0.25, -0.2) is 0 Å². The summed E-state index contributed by atoms with van der Waals surface area (Å²) >= 11 is 1.50. The summed E-state index contributed by atoms with van der Waals surface area (Å²) in [6, 6.07) is 3.74. The second-order valence-electron chi connectivity index (χ2n) is 2.09. The third-order valence-corrected chi connectivity index (χ3v) is 2.42. The molecule has 1 rings (SSSR count). The summed E-state index contributed by atoms with van der Waals surface area (Å²) in [6.07, 6.45) is 1.79. The van der Waals surface area contributed by atoms with Crippen LogP contribution in [0.4, 0.5) is 0 Å². The van der Waals surface area contributed by atoms with Gasteiger partial charge in [0.05, 0.1) is 5.70 Å². The number of nitriles is 2. The van der Waals surface area contributed by atoms with Crippen molar-refractivity contribution in [1.29, 1.82) is 10.5 Å². The third kappa shape index (κ3) is 1.44. The van der Waals surface area contributed by atoms with Crippen molar-refractivity contribution >= 4 is 11.9 Å². The Kier molecular flexibility index (Phi) is 2.79. The highest BCUT2D eigenvalue weighted by molar-refractivity contribution is 8.00. The van der Waals surface area contributed by atoms with Crippen LogP contribution in [-0.2, 0) is 0 Å². The Hall–Kier alpha value is -1.39. The Bertz CT molecular complexity index is 300. The minimum absolute atomic E-state index is 0.179. The largest absolute Gasteiger partial charge is 0.311 e. The Morgan fingerprint density at radius 1 is 1.58 bits per heavy atom. The van der Waals surface area contributed by atoms with Gasteiger partial charge in [0, 0.05) is 6.54 Å². The molecule has 0 aromatic carbocycles. The Morgan fingerprint density at radius 3 is 2.75 bits per heavy atom. The highest BCUT2D eigenvalue weighted by Gasteiger charge is 2.15. The summed E-state index contributed by atoms with van der Waals surface area (Å²) < 4.78 is 1.90. The van der Waals surface area contributed by atoms with Crippen molar-refractivity contribution in [2.24, 2.45) is 0 Å². The molecule has 0 saturated carbocycles. The van der Waals surface area contributed by atoms with E-state index in [9.17, 15) is 0 Å². The van der Waals surface area contributed by atoms with E-state index in [1.54, 1.807) is 6.08 Å². The molecule has 0 fully saturated rings. The zero-order valence-electron chi connectivity index (χ0n) is 6.61. The average Bonchev–Trinajstić information content (AvgIpc) is 2.55. The molecule has 0 spiro atoms. The molecule has 60 valence electrons. The number of nitrogens with zero attached hydrogens (tertiary/aromatic N) is 3. The van der Waals surface area contributed by atoms with Crippen LogP contribution in [0.5, 0.6) is 0 Å². The van der Waals surface area contributed by atoms with Crippen LogP contribution in [0.3, 0.4) is 0 Å². The van der Waals surface area contributed by atoms with Crippen LogP contribution in [0, 0.1) is 22.7 Å². The van der Waals surface area contributed by atoms with Gasteiger partial charge in [-0.3, -0.25) is 0 Å². The lowest BCUT2D eigenvalue weighted by Gasteiger charge is -2.14. The summed E-state index contributed by atoms with van der Waals surface area (Å²) in [5.41, 5.74) is 0.894. The van der Waals surface area contributed by atoms with Crippen LogP contribution in [-0.4, -0.2) is 10.8 Å². The summed E-state index contributed by atoms with van der Waals surface area (Å²) in [4.78, 5) is 0. The maximum absolute atomic E-state index is 8.60. The van der Waals surface area contributed by atoms with Gasteiger partial charge in [-0.2, -0.15) is 10.5 Å². The van der Waals surface area contributed by atoms with Gasteiger partial charge in [-0.15, -0.1) is 0 Å². The van der Waals surface area contributed by atoms with Gasteiger partial charge >= 0.3 is 0 Å². The fraction of sp³-hybridized carbons (Fsp3) is 0.250. The SMILES string of the molecule is CCN1SC=CC1=C(C#N)C#N. The second-order valence-corrected chi connectivity index (χ2v) is 3.01. The molecule has 0 atom stereocenters. The van der Waals surface area contributed by atoms with E-state index in [4.69, 9.17) is 10.5 Å². The second kappa shape index (κ2) is 3.85. The van der Waals surface area contributed by atoms with Gasteiger partial charge in [-0.05, 0) is 30.4 Å². The lowest BCUT2D eigenvalue weighted by atomic mass is 10.2. The van der Waals surface area contributed by atoms with E-state index in [-0.39, 0.29) is 5.57 Å². The minimum Gasteiger partial charge on any atom is -0.311 e. The zero-order valence-corrected chi connectivity index (χ0v) is 7.43. The standard InChI is InChI=1S/C8H7N3S/c1-2-11-8(3-4-12-11)7(5-9)6-10/h3-4H,2H2,1H3. The summed E-state index contributed by atoms with van der Waals surface area (Å²) in [5, 5.41) is 19.1. The van der Waals surface area contributed by atoms with Crippen molar-refractivity contribution in [2.45, 2.75) is 6.92 Å². The van der Waals surface area contributed by atoms with Crippen LogP contribution in [0.25, 0.3) is 0 Å². The van der Waals surface area contributed by atoms with E-state index in [0.29, 0.717) is 5.70 Å². The number of rotatable bonds is 1. The summed E-state index contributed by atoms with van der Waals surface area (Å²) in [6.45, 7) is 2.77. The number of hydrogen-bond acceptors (Lipinski definition) is 4. The van der Waals surface area contributed by atoms with Crippen molar-refractivity contribution in [2.75, 3.05) is 6.54 Å². The summed E-state index contributed by atoms with van der Waals surface area (Å²) in [5.74, 6) is 0. The lowest BCUT2D eigenvalue weighted by Crippen LogP contribution is -2.10. The van der Waals surface area contributed by atoms with Gasteiger partial charge < -0.3 is 4.31 Å². The first-order valence-electron chi connectivity index (χ1n) is 3.48. The van der Waals surface area contributed by atoms with Crippen molar-refractivity contribution in [3.05, 3.63) is 22.8 Å². The molecule has 0 amide bonds. The van der Waals surface area contributed by atoms with E-state index in [2.05, 4.69) is 0 Å². The Balaban J connectivity index is 3.02. The van der Waals surface area contributed by atoms with Crippen molar-refractivity contribution in [3.63, 3.8) is 0 Å². The van der Waals surface area contributed by atoms with Gasteiger partial charge in [0.25, 0.3) is 0 Å². The first-order chi connectivity index (χ1) is 5.83. The van der Waals surface area contributed by atoms with E-state index >= 15 is 0 Å². The first-order valence-corrected chi connectivity index (χ1v) is 4.32. The fourth-order valence-corrected chi connectivity index (χ4v) is 1.65. The van der Waals surface area contributed by atoms with Gasteiger partial charge in [0.15, 0.2) is 5.57 Å². The monoisotopic (exact) mass is 177 g/mol. The van der Waals surface area contributed by atoms with Crippen LogP contribution in [0.2, 0.25) is 0 Å². The van der Waals surface area contributed by atoms with Crippen LogP contribution in [0.1, 0.15) is 6.92 Å². The van der Waals surface area contributed by atoms with Crippen LogP contribution < -0.4 is 0 Å². The average molecular weight is 177 g/mol. The quantitative estimate of drug-likeness (QED) is 0.452. The zero-order chi connectivity index (χ0) is 8.97. The van der Waals surface area contributed by atoms with E-state index < -0.39 is 0 Å². The molecule has 0 radical (unpaired) electrons. The summed E-state index contributed by atoms with van der Waals surface area (Å²) in [7, 11) is 0. The van der Waals surface area contributed by atoms with Crippen molar-refractivity contribution in [1.82, 2.24) is 4.31 Å². The maximum atomic E-state index is 8.60. The molecule has 0 N–H and O–H groups in total. The Labute approximate surface area is 75.7 Å². The molecule has 0 aliphatic carbocycles. The van der Waals surface area contributed by atoms with Crippen LogP contribution >= 0.6 is 11.9 Å². The molecule has 12 heavy (non-hydrogen) atoms. The third-order valence-electron chi connectivity index (χ3n) is 1.45. The molecule has 1 heterocycles. The highest BCUT2D eigenvalue weighted by Crippen LogP contribution is 2.28. The molecular weight excluding hydrogens is 170 g/mol. The fourth-order valence-electron chi connectivity index (χ4n) is 0.901. The van der Waals surface area contributed by atoms with E-state index in [1.165, 1.54) is 11.9 Å². The van der Waals surface area contributed by atoms with Gasteiger partial charge in [0.1, 0.15) is 12.1 Å². The van der Waals surface area contributed by atoms with E-state index in [0.717, 1.165) is 6.54 Å². The molecule has 4 heteroatoms. The number of likely N-dealkylation sites (N-methyl/N-ethyl adjacent to an activating group) is 1. The van der Waals surface area contributed by atoms with Gasteiger partial charge in [-0.1, -0.05) is 0 Å². The molecule has 0 bridgehead atoms. The molecule has 0 aromatic heterocycles. The predicted octanol–water partition coefficient (Wildman–Crippen LogP) is 1.79. The van der Waals surface area contributed by atoms with Crippen molar-refractivity contribution < 1.29 is 0 Å².